The Hall–Kier alpha value is 0.180. The summed E-state index contributed by atoms with van der Waals surface area (Å²) in [5, 5.41) is 0. The van der Waals surface area contributed by atoms with Crippen LogP contribution in [0.4, 0.5) is 0 Å². The highest BCUT2D eigenvalue weighted by molar-refractivity contribution is 9.25. The molecule has 82 valence electrons. The maximum absolute atomic E-state index is 3.66. The van der Waals surface area contributed by atoms with Crippen LogP contribution in [0.1, 0.15) is 44.2 Å². The molecule has 0 heterocycles. The Morgan fingerprint density at radius 3 is 1.93 bits per heavy atom. The lowest BCUT2D eigenvalue weighted by atomic mass is 9.86. The lowest BCUT2D eigenvalue weighted by molar-refractivity contribution is 0.590. The molecule has 2 rings (SSSR count). The maximum Gasteiger partial charge on any atom is 0.0881 e. The first-order chi connectivity index (χ1) is 6.81. The second-order valence-electron chi connectivity index (χ2n) is 5.39. The minimum absolute atomic E-state index is 0.170. The number of benzene rings is 1. The van der Waals surface area contributed by atoms with E-state index < -0.39 is 0 Å². The molecular weight excluding hydrogens is 316 g/mol. The van der Waals surface area contributed by atoms with Crippen molar-refractivity contribution in [3.05, 3.63) is 35.4 Å². The van der Waals surface area contributed by atoms with Crippen molar-refractivity contribution >= 4 is 31.9 Å². The molecule has 0 saturated heterocycles. The van der Waals surface area contributed by atoms with E-state index in [0.29, 0.717) is 5.92 Å². The van der Waals surface area contributed by atoms with Gasteiger partial charge in [-0.05, 0) is 23.0 Å². The van der Waals surface area contributed by atoms with E-state index in [-0.39, 0.29) is 8.65 Å². The highest BCUT2D eigenvalue weighted by atomic mass is 79.9. The largest absolute Gasteiger partial charge is 0.0881 e. The van der Waals surface area contributed by atoms with Crippen LogP contribution in [0.15, 0.2) is 24.3 Å². The predicted molar refractivity (Wildman–Crippen MR) is 73.1 cm³/mol. The topological polar surface area (TPSA) is 0 Å². The van der Waals surface area contributed by atoms with Gasteiger partial charge in [0.1, 0.15) is 0 Å². The molecule has 0 aliphatic heterocycles. The van der Waals surface area contributed by atoms with E-state index in [9.17, 15) is 0 Å². The zero-order valence-corrected chi connectivity index (χ0v) is 12.5. The van der Waals surface area contributed by atoms with Crippen LogP contribution in [0.25, 0.3) is 0 Å². The van der Waals surface area contributed by atoms with Gasteiger partial charge in [-0.1, -0.05) is 76.9 Å². The molecule has 0 N–H and O–H groups in total. The third kappa shape index (κ3) is 2.47. The van der Waals surface area contributed by atoms with Crippen LogP contribution in [-0.2, 0) is 5.41 Å². The first-order valence-corrected chi connectivity index (χ1v) is 6.87. The van der Waals surface area contributed by atoms with Gasteiger partial charge in [0.15, 0.2) is 0 Å². The van der Waals surface area contributed by atoms with Gasteiger partial charge in [-0.3, -0.25) is 0 Å². The lowest BCUT2D eigenvalue weighted by Crippen LogP contribution is -2.10. The van der Waals surface area contributed by atoms with Crippen LogP contribution in [0.5, 0.6) is 0 Å². The van der Waals surface area contributed by atoms with E-state index in [1.54, 1.807) is 0 Å². The molecule has 1 fully saturated rings. The molecule has 1 unspecified atom stereocenters. The first-order valence-electron chi connectivity index (χ1n) is 5.29. The quantitative estimate of drug-likeness (QED) is 0.638. The molecule has 1 atom stereocenters. The van der Waals surface area contributed by atoms with Crippen LogP contribution >= 0.6 is 31.9 Å². The van der Waals surface area contributed by atoms with Crippen molar-refractivity contribution in [1.82, 2.24) is 0 Å². The third-order valence-corrected chi connectivity index (χ3v) is 4.76. The Bertz CT molecular complexity index is 357. The van der Waals surface area contributed by atoms with E-state index in [1.165, 1.54) is 17.5 Å². The van der Waals surface area contributed by atoms with Gasteiger partial charge < -0.3 is 0 Å². The van der Waals surface area contributed by atoms with Crippen molar-refractivity contribution in [2.75, 3.05) is 0 Å². The second-order valence-corrected chi connectivity index (χ2v) is 9.28. The Morgan fingerprint density at radius 1 is 1.13 bits per heavy atom. The molecule has 1 aromatic rings. The van der Waals surface area contributed by atoms with Crippen molar-refractivity contribution in [2.45, 2.75) is 41.8 Å². The molecule has 2 heteroatoms. The molecule has 1 aromatic carbocycles. The summed E-state index contributed by atoms with van der Waals surface area (Å²) in [5.74, 6) is 0.631. The van der Waals surface area contributed by atoms with E-state index >= 15 is 0 Å². The first kappa shape index (κ1) is 11.7. The predicted octanol–water partition coefficient (Wildman–Crippen LogP) is 4.96. The van der Waals surface area contributed by atoms with Gasteiger partial charge in [0, 0.05) is 5.92 Å². The van der Waals surface area contributed by atoms with Crippen LogP contribution in [0.3, 0.4) is 0 Å². The minimum atomic E-state index is 0.170. The van der Waals surface area contributed by atoms with Gasteiger partial charge in [-0.2, -0.15) is 0 Å². The van der Waals surface area contributed by atoms with Gasteiger partial charge in [-0.25, -0.2) is 0 Å². The van der Waals surface area contributed by atoms with Crippen molar-refractivity contribution in [2.24, 2.45) is 0 Å². The fourth-order valence-corrected chi connectivity index (χ4v) is 2.97. The molecule has 0 bridgehead atoms. The average molecular weight is 332 g/mol. The Labute approximate surface area is 109 Å². The maximum atomic E-state index is 3.66. The van der Waals surface area contributed by atoms with Crippen molar-refractivity contribution in [1.29, 1.82) is 0 Å². The summed E-state index contributed by atoms with van der Waals surface area (Å²) >= 11 is 7.33. The molecule has 1 aliphatic rings. The summed E-state index contributed by atoms with van der Waals surface area (Å²) in [6.45, 7) is 6.75. The standard InChI is InChI=1S/C13H16Br2/c1-12(2,3)10-6-4-9(5-7-10)11-8-13(11,14)15/h4-7,11H,8H2,1-3H3. The lowest BCUT2D eigenvalue weighted by Gasteiger charge is -2.19. The van der Waals surface area contributed by atoms with Gasteiger partial charge in [0.2, 0.25) is 0 Å². The molecule has 0 amide bonds. The van der Waals surface area contributed by atoms with Crippen LogP contribution < -0.4 is 0 Å². The summed E-state index contributed by atoms with van der Waals surface area (Å²) in [6, 6.07) is 9.03. The van der Waals surface area contributed by atoms with Gasteiger partial charge in [0.05, 0.1) is 3.23 Å². The SMILES string of the molecule is CC(C)(C)c1ccc(C2CC2(Br)Br)cc1. The summed E-state index contributed by atoms with van der Waals surface area (Å²) in [7, 11) is 0. The van der Waals surface area contributed by atoms with Crippen LogP contribution in [0, 0.1) is 0 Å². The molecule has 0 spiro atoms. The molecule has 0 aromatic heterocycles. The van der Waals surface area contributed by atoms with Gasteiger partial charge >= 0.3 is 0 Å². The molecule has 1 aliphatic carbocycles. The Balaban J connectivity index is 2.19. The number of rotatable bonds is 1. The fourth-order valence-electron chi connectivity index (χ4n) is 1.79. The van der Waals surface area contributed by atoms with E-state index in [1.807, 2.05) is 0 Å². The monoisotopic (exact) mass is 330 g/mol. The van der Waals surface area contributed by atoms with E-state index in [2.05, 4.69) is 76.9 Å². The fraction of sp³-hybridized carbons (Fsp3) is 0.538. The second kappa shape index (κ2) is 3.59. The van der Waals surface area contributed by atoms with E-state index in [4.69, 9.17) is 0 Å². The van der Waals surface area contributed by atoms with Crippen molar-refractivity contribution in [3.63, 3.8) is 0 Å². The van der Waals surface area contributed by atoms with Crippen LogP contribution in [-0.4, -0.2) is 3.23 Å². The average Bonchev–Trinajstić information content (AvgIpc) is 2.74. The summed E-state index contributed by atoms with van der Waals surface area (Å²) in [5.41, 5.74) is 3.08. The highest BCUT2D eigenvalue weighted by Crippen LogP contribution is 2.62. The number of alkyl halides is 2. The molecule has 0 radical (unpaired) electrons. The number of hydrogen-bond acceptors (Lipinski definition) is 0. The van der Waals surface area contributed by atoms with Gasteiger partial charge in [0.25, 0.3) is 0 Å². The summed E-state index contributed by atoms with van der Waals surface area (Å²) < 4.78 is 0.170. The van der Waals surface area contributed by atoms with Crippen molar-refractivity contribution in [3.8, 4) is 0 Å². The molecule has 15 heavy (non-hydrogen) atoms. The van der Waals surface area contributed by atoms with Crippen molar-refractivity contribution < 1.29 is 0 Å². The zero-order chi connectivity index (χ0) is 11.3. The highest BCUT2D eigenvalue weighted by Gasteiger charge is 2.50. The third-order valence-electron chi connectivity index (χ3n) is 3.01. The van der Waals surface area contributed by atoms with Gasteiger partial charge in [-0.15, -0.1) is 0 Å². The molecule has 0 nitrogen and oxygen atoms in total. The molecular formula is C13H16Br2. The number of halogens is 2. The Morgan fingerprint density at radius 2 is 1.60 bits per heavy atom. The Kier molecular flexibility index (Phi) is 2.79. The summed E-state index contributed by atoms with van der Waals surface area (Å²) in [6.07, 6.45) is 1.18. The smallest absolute Gasteiger partial charge is 0.0720 e. The number of hydrogen-bond donors (Lipinski definition) is 0. The minimum Gasteiger partial charge on any atom is -0.0720 e. The van der Waals surface area contributed by atoms with Crippen LogP contribution in [0.2, 0.25) is 0 Å². The summed E-state index contributed by atoms with van der Waals surface area (Å²) in [4.78, 5) is 0. The van der Waals surface area contributed by atoms with E-state index in [0.717, 1.165) is 0 Å². The molecule has 1 saturated carbocycles. The zero-order valence-electron chi connectivity index (χ0n) is 9.35. The normalized spacial score (nSPS) is 23.9.